The molecule has 38 heteroatoms. The van der Waals surface area contributed by atoms with Crippen LogP contribution in [0.1, 0.15) is 61.8 Å². The van der Waals surface area contributed by atoms with E-state index in [1.54, 1.807) is 48.5 Å². The fourth-order valence-electron chi connectivity index (χ4n) is 9.69. The molecule has 0 unspecified atom stereocenters. The summed E-state index contributed by atoms with van der Waals surface area (Å²) in [6, 6.07) is -2.92. The number of carboxylic acids is 4. The summed E-state index contributed by atoms with van der Waals surface area (Å²) in [5.41, 5.74) is 11.2. The van der Waals surface area contributed by atoms with E-state index in [1.807, 2.05) is 26.6 Å². The summed E-state index contributed by atoms with van der Waals surface area (Å²) in [6.45, 7) is -1.36. The minimum atomic E-state index is -2.71. The van der Waals surface area contributed by atoms with Crippen molar-refractivity contribution >= 4 is 123 Å². The Morgan fingerprint density at radius 3 is 1.71 bits per heavy atom. The molecule has 0 radical (unpaired) electrons. The number of rotatable bonds is 18. The number of cyclic esters (lactones) is 1. The van der Waals surface area contributed by atoms with E-state index in [0.29, 0.717) is 21.8 Å². The molecule has 1 fully saturated rings. The van der Waals surface area contributed by atoms with Gasteiger partial charge in [-0.15, -0.1) is 0 Å². The number of ether oxygens (including phenoxy) is 1. The number of benzene rings is 3. The second kappa shape index (κ2) is 34.2. The number of aromatic nitrogens is 2. The van der Waals surface area contributed by atoms with Crippen LogP contribution in [0.15, 0.2) is 90.9 Å². The van der Waals surface area contributed by atoms with Crippen LogP contribution in [0, 0.1) is 0 Å². The topological polar surface area (TPSA) is 628 Å². The van der Waals surface area contributed by atoms with Gasteiger partial charge in [0.2, 0.25) is 65.0 Å². The van der Waals surface area contributed by atoms with Crippen LogP contribution in [0.3, 0.4) is 0 Å². The maximum Gasteiger partial charge on any atom is 0.355 e. The number of H-pyrrole nitrogens is 2. The van der Waals surface area contributed by atoms with Crippen LogP contribution in [0.25, 0.3) is 27.9 Å². The average Bonchev–Trinajstić information content (AvgIpc) is 1.52. The summed E-state index contributed by atoms with van der Waals surface area (Å²) < 4.78 is 5.72. The van der Waals surface area contributed by atoms with Crippen molar-refractivity contribution in [1.82, 2.24) is 63.1 Å². The molecular weight excluding hydrogens is 1300 g/mol. The van der Waals surface area contributed by atoms with Gasteiger partial charge in [0.05, 0.1) is 32.4 Å². The number of para-hydroxylation sites is 2. The van der Waals surface area contributed by atoms with Gasteiger partial charge in [-0.3, -0.25) is 71.9 Å². The molecule has 38 nitrogen and oxygen atoms in total. The standard InChI is InChI=1S/C60H68N14O24/c1-25-46(73-51(88)32(61)24-75)57(94)69-36(16-27-21-63-33-8-4-2-6-30(27)33)54(91)67-38(19-44(82)83)55(92)68-39(20-45(84)85)56(93)74-47(26-10-12-29(76)13-11-26)58(95)70-37(18-43(80)81)52(89)65-23-41(77)72-48(49(86)50(62)87)59(96)66-35(14-15-42(78)79)53(90)71-40(60(97)98-25)17-28-22-64-34-9-5-3-7-31(28)34/h2-13,17,21-22,25,32,35-39,46-49,63-64,75-76,86H,14-16,18-20,23-24,61H2,1H3,(H2,62,87)(H,65,89)(H,66,96)(H,67,91)(H,68,92)(H,69,94)(H,70,95)(H,71,90)(H,72,77)(H,73,88)(H,74,93)(H,78,79)(H,80,81)(H,82,83)(H,84,85)/b40-17-/t25-,32+,35+,36-,37+,38+,39+,46+,47-,48-,49+/m0/s1. The van der Waals surface area contributed by atoms with E-state index in [4.69, 9.17) is 16.2 Å². The number of primary amides is 1. The Morgan fingerprint density at radius 2 is 1.13 bits per heavy atom. The molecule has 6 rings (SSSR count). The number of aliphatic hydroxyl groups is 2. The maximum absolute atomic E-state index is 14.9. The third kappa shape index (κ3) is 20.8. The Balaban J connectivity index is 1.52. The van der Waals surface area contributed by atoms with Gasteiger partial charge in [0, 0.05) is 52.6 Å². The van der Waals surface area contributed by atoms with Crippen LogP contribution in [-0.4, -0.2) is 214 Å². The quantitative estimate of drug-likeness (QED) is 0.0287. The minimum absolute atomic E-state index is 0.118. The molecule has 1 aliphatic heterocycles. The summed E-state index contributed by atoms with van der Waals surface area (Å²) in [4.78, 5) is 224. The number of aromatic hydroxyl groups is 1. The first kappa shape index (κ1) is 74.7. The minimum Gasteiger partial charge on any atom is -0.508 e. The van der Waals surface area contributed by atoms with Crippen LogP contribution in [0.4, 0.5) is 0 Å². The molecule has 98 heavy (non-hydrogen) atoms. The Bertz CT molecular complexity index is 3940. The van der Waals surface area contributed by atoms with Crippen molar-refractivity contribution in [3.63, 3.8) is 0 Å². The molecule has 23 N–H and O–H groups in total. The second-order valence-electron chi connectivity index (χ2n) is 22.0. The predicted octanol–water partition coefficient (Wildman–Crippen LogP) is -6.18. The van der Waals surface area contributed by atoms with E-state index in [2.05, 4.69) is 36.6 Å². The lowest BCUT2D eigenvalue weighted by atomic mass is 10.0. The number of nitrogens with two attached hydrogens (primary N) is 2. The number of esters is 1. The number of aliphatic hydroxyl groups excluding tert-OH is 2. The number of carbonyl (C=O) groups excluding carboxylic acids is 12. The van der Waals surface area contributed by atoms with Crippen LogP contribution < -0.4 is 64.6 Å². The number of hydrogen-bond donors (Lipinski definition) is 21. The summed E-state index contributed by atoms with van der Waals surface area (Å²) in [5, 5.41) is 92.2. The molecule has 0 saturated carbocycles. The molecular formula is C60H68N14O24. The molecule has 1 aliphatic rings. The van der Waals surface area contributed by atoms with Crippen molar-refractivity contribution in [1.29, 1.82) is 0 Å². The summed E-state index contributed by atoms with van der Waals surface area (Å²) in [6.07, 6.45) is -7.40. The highest BCUT2D eigenvalue weighted by molar-refractivity contribution is 6.05. The van der Waals surface area contributed by atoms with E-state index in [-0.39, 0.29) is 16.7 Å². The summed E-state index contributed by atoms with van der Waals surface area (Å²) in [7, 11) is 0. The molecule has 0 bridgehead atoms. The second-order valence-corrected chi connectivity index (χ2v) is 22.0. The zero-order valence-corrected chi connectivity index (χ0v) is 51.4. The van der Waals surface area contributed by atoms with E-state index < -0.39 is 225 Å². The summed E-state index contributed by atoms with van der Waals surface area (Å²) in [5.74, 6) is -25.7. The normalized spacial score (nSPS) is 22.9. The molecule has 0 aliphatic carbocycles. The molecule has 5 aromatic rings. The van der Waals surface area contributed by atoms with Gasteiger partial charge in [0.1, 0.15) is 71.9 Å². The van der Waals surface area contributed by atoms with Gasteiger partial charge < -0.3 is 115 Å². The number of carbonyl (C=O) groups is 16. The lowest BCUT2D eigenvalue weighted by Crippen LogP contribution is -2.62. The number of aromatic amines is 2. The fourth-order valence-corrected chi connectivity index (χ4v) is 9.69. The lowest BCUT2D eigenvalue weighted by Gasteiger charge is -2.29. The average molecular weight is 1370 g/mol. The smallest absolute Gasteiger partial charge is 0.355 e. The number of fused-ring (bicyclic) bond motifs is 2. The third-order valence-electron chi connectivity index (χ3n) is 14.7. The zero-order valence-electron chi connectivity index (χ0n) is 51.4. The van der Waals surface area contributed by atoms with Gasteiger partial charge in [-0.1, -0.05) is 48.5 Å². The Morgan fingerprint density at radius 1 is 0.612 bits per heavy atom. The maximum atomic E-state index is 14.9. The molecule has 11 atom stereocenters. The Labute approximate surface area is 551 Å². The monoisotopic (exact) mass is 1370 g/mol. The van der Waals surface area contributed by atoms with Crippen molar-refractivity contribution in [2.45, 2.75) is 112 Å². The molecule has 0 spiro atoms. The predicted molar refractivity (Wildman–Crippen MR) is 331 cm³/mol. The number of phenolic OH excluding ortho intramolecular Hbond substituents is 1. The Kier molecular flexibility index (Phi) is 26.1. The highest BCUT2D eigenvalue weighted by atomic mass is 16.5. The van der Waals surface area contributed by atoms with Crippen molar-refractivity contribution in [2.75, 3.05) is 13.2 Å². The van der Waals surface area contributed by atoms with Crippen LogP contribution in [0.2, 0.25) is 0 Å². The lowest BCUT2D eigenvalue weighted by molar-refractivity contribution is -0.150. The number of carboxylic acid groups (broad SMARTS) is 4. The zero-order chi connectivity index (χ0) is 72.2. The highest BCUT2D eigenvalue weighted by Crippen LogP contribution is 2.24. The molecule has 3 aromatic carbocycles. The summed E-state index contributed by atoms with van der Waals surface area (Å²) >= 11 is 0. The molecule has 11 amide bonds. The van der Waals surface area contributed by atoms with Crippen LogP contribution >= 0.6 is 0 Å². The van der Waals surface area contributed by atoms with Crippen LogP contribution in [-0.2, 0) is 87.9 Å². The van der Waals surface area contributed by atoms with Crippen molar-refractivity contribution in [3.05, 3.63) is 108 Å². The number of amides is 11. The Hall–Kier alpha value is -12.3. The first-order valence-electron chi connectivity index (χ1n) is 29.4. The molecule has 1 saturated heterocycles. The van der Waals surface area contributed by atoms with E-state index in [0.717, 1.165) is 37.3 Å². The highest BCUT2D eigenvalue weighted by Gasteiger charge is 2.40. The number of hydrogen-bond acceptors (Lipinski definition) is 21. The van der Waals surface area contributed by atoms with E-state index in [9.17, 15) is 112 Å². The van der Waals surface area contributed by atoms with Gasteiger partial charge in [-0.05, 0) is 54.8 Å². The van der Waals surface area contributed by atoms with Gasteiger partial charge in [-0.2, -0.15) is 0 Å². The molecule has 2 aromatic heterocycles. The number of aliphatic carboxylic acids is 4. The molecule has 522 valence electrons. The van der Waals surface area contributed by atoms with Crippen molar-refractivity contribution in [3.8, 4) is 5.75 Å². The number of phenols is 1. The van der Waals surface area contributed by atoms with Gasteiger partial charge in [0.15, 0.2) is 6.10 Å². The van der Waals surface area contributed by atoms with E-state index >= 15 is 0 Å². The van der Waals surface area contributed by atoms with Crippen molar-refractivity contribution < 1.29 is 117 Å². The van der Waals surface area contributed by atoms with Gasteiger partial charge in [0.25, 0.3) is 0 Å². The largest absolute Gasteiger partial charge is 0.508 e. The van der Waals surface area contributed by atoms with Crippen molar-refractivity contribution in [2.24, 2.45) is 11.5 Å². The third-order valence-corrected chi connectivity index (χ3v) is 14.7. The van der Waals surface area contributed by atoms with E-state index in [1.165, 1.54) is 12.4 Å². The number of nitrogens with one attached hydrogen (secondary N) is 12. The SMILES string of the molecule is C[C@@H]1OC(=O)/C(=C/c2c[nH]c3ccccc23)NC(=O)[C@@H](CCC(=O)O)NC(=O)[C@H]([C@@H](O)C(N)=O)NC(=O)CNC(=O)[C@@H](CC(=O)O)NC(=O)[C@H](c2ccc(O)cc2)NC(=O)[C@@H](CC(=O)O)NC(=O)[C@@H](CC(=O)O)NC(=O)[C@H](Cc2c[nH]c3ccccc23)NC(=O)[C@@H]1NC(=O)[C@H](N)CO. The van der Waals surface area contributed by atoms with Crippen LogP contribution in [0.5, 0.6) is 5.75 Å². The molecule has 3 heterocycles. The van der Waals surface area contributed by atoms with Gasteiger partial charge in [-0.25, -0.2) is 4.79 Å². The fraction of sp³-hybridized carbons (Fsp3) is 0.333. The first-order chi connectivity index (χ1) is 46.3. The first-order valence-corrected chi connectivity index (χ1v) is 29.4. The van der Waals surface area contributed by atoms with Gasteiger partial charge >= 0.3 is 29.8 Å².